The third-order valence-corrected chi connectivity index (χ3v) is 5.31. The highest BCUT2D eigenvalue weighted by molar-refractivity contribution is 5.82. The molecule has 0 aromatic heterocycles. The molecule has 1 aliphatic carbocycles. The third kappa shape index (κ3) is 5.07. The fraction of sp³-hybridized carbons (Fsp3) is 0.944. The van der Waals surface area contributed by atoms with Crippen LogP contribution in [-0.4, -0.2) is 54.9 Å². The number of piperazine rings is 1. The molecular formula is C18H34N2O. The quantitative estimate of drug-likeness (QED) is 0.779. The predicted molar refractivity (Wildman–Crippen MR) is 88.4 cm³/mol. The molecule has 1 aliphatic heterocycles. The zero-order valence-corrected chi connectivity index (χ0v) is 14.5. The van der Waals surface area contributed by atoms with E-state index in [2.05, 4.69) is 37.5 Å². The molecule has 2 unspecified atom stereocenters. The van der Waals surface area contributed by atoms with Crippen LogP contribution in [0.4, 0.5) is 0 Å². The summed E-state index contributed by atoms with van der Waals surface area (Å²) in [6, 6.07) is 0. The molecule has 3 nitrogen and oxygen atoms in total. The van der Waals surface area contributed by atoms with Crippen molar-refractivity contribution in [3.8, 4) is 0 Å². The van der Waals surface area contributed by atoms with E-state index in [4.69, 9.17) is 0 Å². The molecule has 2 fully saturated rings. The summed E-state index contributed by atoms with van der Waals surface area (Å²) in [5.74, 6) is 3.07. The standard InChI is InChI=1S/C18H34N2O/c1-14(2)12-19-7-9-20(10-8-19)13-17-11-16(15(3)4)5-6-18(17)21/h14-17H,5-13H2,1-4H3. The second-order valence-electron chi connectivity index (χ2n) is 7.94. The molecule has 3 heteroatoms. The molecule has 0 bridgehead atoms. The first-order valence-electron chi connectivity index (χ1n) is 8.93. The lowest BCUT2D eigenvalue weighted by Crippen LogP contribution is -2.49. The summed E-state index contributed by atoms with van der Waals surface area (Å²) < 4.78 is 0. The highest BCUT2D eigenvalue weighted by Gasteiger charge is 2.32. The summed E-state index contributed by atoms with van der Waals surface area (Å²) in [4.78, 5) is 17.3. The molecule has 0 spiro atoms. The Kier molecular flexibility index (Phi) is 6.24. The predicted octanol–water partition coefficient (Wildman–Crippen LogP) is 2.90. The van der Waals surface area contributed by atoms with E-state index >= 15 is 0 Å². The van der Waals surface area contributed by atoms with Gasteiger partial charge in [0.05, 0.1) is 0 Å². The van der Waals surface area contributed by atoms with Crippen molar-refractivity contribution in [1.29, 1.82) is 0 Å². The van der Waals surface area contributed by atoms with E-state index in [1.54, 1.807) is 0 Å². The molecule has 0 N–H and O–H groups in total. The molecule has 1 saturated heterocycles. The first-order chi connectivity index (χ1) is 9.95. The maximum atomic E-state index is 12.2. The summed E-state index contributed by atoms with van der Waals surface area (Å²) >= 11 is 0. The lowest BCUT2D eigenvalue weighted by molar-refractivity contribution is -0.126. The Hall–Kier alpha value is -0.410. The summed E-state index contributed by atoms with van der Waals surface area (Å²) in [6.45, 7) is 16.1. The van der Waals surface area contributed by atoms with E-state index in [9.17, 15) is 4.79 Å². The summed E-state index contributed by atoms with van der Waals surface area (Å²) in [6.07, 6.45) is 3.07. The molecule has 2 atom stereocenters. The van der Waals surface area contributed by atoms with Crippen LogP contribution in [0.15, 0.2) is 0 Å². The largest absolute Gasteiger partial charge is 0.301 e. The lowest BCUT2D eigenvalue weighted by Gasteiger charge is -2.39. The minimum Gasteiger partial charge on any atom is -0.301 e. The van der Waals surface area contributed by atoms with Crippen LogP contribution in [0.25, 0.3) is 0 Å². The smallest absolute Gasteiger partial charge is 0.137 e. The van der Waals surface area contributed by atoms with Crippen LogP contribution in [0, 0.1) is 23.7 Å². The minimum absolute atomic E-state index is 0.308. The van der Waals surface area contributed by atoms with E-state index in [0.29, 0.717) is 11.7 Å². The van der Waals surface area contributed by atoms with Gasteiger partial charge in [-0.1, -0.05) is 27.7 Å². The second-order valence-corrected chi connectivity index (χ2v) is 7.94. The first-order valence-corrected chi connectivity index (χ1v) is 8.93. The van der Waals surface area contributed by atoms with Gasteiger partial charge in [0.1, 0.15) is 5.78 Å². The van der Waals surface area contributed by atoms with Crippen LogP contribution in [0.3, 0.4) is 0 Å². The summed E-state index contributed by atoms with van der Waals surface area (Å²) in [5.41, 5.74) is 0. The van der Waals surface area contributed by atoms with Crippen molar-refractivity contribution in [2.24, 2.45) is 23.7 Å². The molecule has 2 rings (SSSR count). The molecule has 0 amide bonds. The van der Waals surface area contributed by atoms with Gasteiger partial charge < -0.3 is 9.80 Å². The van der Waals surface area contributed by atoms with Crippen LogP contribution >= 0.6 is 0 Å². The number of Topliss-reactive ketones (excluding diaryl/α,β-unsaturated/α-hetero) is 1. The summed E-state index contributed by atoms with van der Waals surface area (Å²) in [5, 5.41) is 0. The Morgan fingerprint density at radius 2 is 1.67 bits per heavy atom. The van der Waals surface area contributed by atoms with E-state index in [1.165, 1.54) is 19.6 Å². The summed E-state index contributed by atoms with van der Waals surface area (Å²) in [7, 11) is 0. The van der Waals surface area contributed by atoms with Gasteiger partial charge in [-0.15, -0.1) is 0 Å². The normalized spacial score (nSPS) is 29.5. The fourth-order valence-corrected chi connectivity index (χ4v) is 3.91. The Bertz CT molecular complexity index is 332. The van der Waals surface area contributed by atoms with Crippen molar-refractivity contribution < 1.29 is 4.79 Å². The fourth-order valence-electron chi connectivity index (χ4n) is 3.91. The van der Waals surface area contributed by atoms with E-state index in [-0.39, 0.29) is 0 Å². The van der Waals surface area contributed by atoms with Crippen molar-refractivity contribution in [2.45, 2.75) is 47.0 Å². The van der Waals surface area contributed by atoms with Gasteiger partial charge in [0, 0.05) is 51.6 Å². The Morgan fingerprint density at radius 1 is 1.05 bits per heavy atom. The molecule has 0 aromatic carbocycles. The van der Waals surface area contributed by atoms with Gasteiger partial charge >= 0.3 is 0 Å². The third-order valence-electron chi connectivity index (χ3n) is 5.31. The van der Waals surface area contributed by atoms with Crippen molar-refractivity contribution in [3.05, 3.63) is 0 Å². The molecule has 1 heterocycles. The highest BCUT2D eigenvalue weighted by Crippen LogP contribution is 2.32. The van der Waals surface area contributed by atoms with E-state index in [1.807, 2.05) is 0 Å². The van der Waals surface area contributed by atoms with Gasteiger partial charge in [0.25, 0.3) is 0 Å². The van der Waals surface area contributed by atoms with Crippen molar-refractivity contribution >= 4 is 5.78 Å². The van der Waals surface area contributed by atoms with Gasteiger partial charge in [0.2, 0.25) is 0 Å². The van der Waals surface area contributed by atoms with Crippen molar-refractivity contribution in [3.63, 3.8) is 0 Å². The zero-order chi connectivity index (χ0) is 15.4. The Labute approximate surface area is 131 Å². The SMILES string of the molecule is CC(C)CN1CCN(CC2CC(C(C)C)CCC2=O)CC1. The Balaban J connectivity index is 1.78. The van der Waals surface area contributed by atoms with Gasteiger partial charge in [-0.05, 0) is 30.6 Å². The highest BCUT2D eigenvalue weighted by atomic mass is 16.1. The van der Waals surface area contributed by atoms with Gasteiger partial charge in [0.15, 0.2) is 0 Å². The van der Waals surface area contributed by atoms with Crippen LogP contribution < -0.4 is 0 Å². The minimum atomic E-state index is 0.308. The second kappa shape index (κ2) is 7.73. The van der Waals surface area contributed by atoms with Crippen LogP contribution in [-0.2, 0) is 4.79 Å². The topological polar surface area (TPSA) is 23.6 Å². The number of nitrogens with zero attached hydrogens (tertiary/aromatic N) is 2. The molecule has 2 aliphatic rings. The first kappa shape index (κ1) is 17.0. The van der Waals surface area contributed by atoms with Gasteiger partial charge in [-0.2, -0.15) is 0 Å². The van der Waals surface area contributed by atoms with E-state index < -0.39 is 0 Å². The van der Waals surface area contributed by atoms with E-state index in [0.717, 1.165) is 56.7 Å². The maximum Gasteiger partial charge on any atom is 0.137 e. The molecular weight excluding hydrogens is 260 g/mol. The van der Waals surface area contributed by atoms with Crippen molar-refractivity contribution in [1.82, 2.24) is 9.80 Å². The molecule has 122 valence electrons. The maximum absolute atomic E-state index is 12.2. The molecule has 1 saturated carbocycles. The average Bonchev–Trinajstić information content (AvgIpc) is 2.42. The number of rotatable bonds is 5. The zero-order valence-electron chi connectivity index (χ0n) is 14.5. The number of carbonyl (C=O) groups excluding carboxylic acids is 1. The van der Waals surface area contributed by atoms with Crippen LogP contribution in [0.2, 0.25) is 0 Å². The van der Waals surface area contributed by atoms with Crippen molar-refractivity contribution in [2.75, 3.05) is 39.3 Å². The van der Waals surface area contributed by atoms with Gasteiger partial charge in [-0.25, -0.2) is 0 Å². The average molecular weight is 294 g/mol. The van der Waals surface area contributed by atoms with Crippen LogP contribution in [0.5, 0.6) is 0 Å². The number of hydrogen-bond acceptors (Lipinski definition) is 3. The Morgan fingerprint density at radius 3 is 2.24 bits per heavy atom. The van der Waals surface area contributed by atoms with Gasteiger partial charge in [-0.3, -0.25) is 4.79 Å². The number of carbonyl (C=O) groups is 1. The monoisotopic (exact) mass is 294 g/mol. The molecule has 0 radical (unpaired) electrons. The lowest BCUT2D eigenvalue weighted by atomic mass is 9.75. The molecule has 21 heavy (non-hydrogen) atoms. The number of ketones is 1. The van der Waals surface area contributed by atoms with Crippen LogP contribution in [0.1, 0.15) is 47.0 Å². The number of hydrogen-bond donors (Lipinski definition) is 0. The molecule has 0 aromatic rings.